The molecular weight excluding hydrogens is 549 g/mol. The van der Waals surface area contributed by atoms with Crippen molar-refractivity contribution in [3.8, 4) is 22.3 Å². The summed E-state index contributed by atoms with van der Waals surface area (Å²) in [5, 5.41) is 7.26. The van der Waals surface area contributed by atoms with Gasteiger partial charge in [-0.25, -0.2) is 22.0 Å². The lowest BCUT2D eigenvalue weighted by Gasteiger charge is -2.15. The first-order chi connectivity index (χ1) is 19.5. The minimum atomic E-state index is -3.65. The van der Waals surface area contributed by atoms with Crippen LogP contribution >= 0.6 is 0 Å². The fraction of sp³-hybridized carbons (Fsp3) is 0.194. The van der Waals surface area contributed by atoms with Gasteiger partial charge >= 0.3 is 6.11 Å². The third-order valence-electron chi connectivity index (χ3n) is 6.34. The molecule has 3 nitrogen and oxygen atoms in total. The molecule has 41 heavy (non-hydrogen) atoms. The summed E-state index contributed by atoms with van der Waals surface area (Å²) in [7, 11) is 0.833. The molecule has 0 heterocycles. The molecule has 1 unspecified atom stereocenters. The summed E-state index contributed by atoms with van der Waals surface area (Å²) in [5.41, 5.74) is 6.71. The molecule has 0 amide bonds. The Morgan fingerprint density at radius 3 is 1.88 bits per heavy atom. The van der Waals surface area contributed by atoms with Gasteiger partial charge in [0, 0.05) is 19.6 Å². The SMILES string of the molecule is COC(F)(F)c1ccc(-c2ccc(CCC(C=N)CN)cc2)cc1F.Fc1ccc(-c2c(F)cccc2F)cc1F. The molecule has 1 atom stereocenters. The second kappa shape index (κ2) is 14.0. The molecule has 0 aliphatic heterocycles. The van der Waals surface area contributed by atoms with Gasteiger partial charge in [-0.15, -0.1) is 0 Å². The standard InChI is InChI=1S/C19H21F3N2O.C12H6F4/c1-25-19(21,22)17-9-8-16(10-18(17)20)15-6-4-13(5-7-15)2-3-14(11-23)12-24;13-8-5-4-7(6-11(8)16)12-9(14)2-1-3-10(12)15/h4-11,14,23H,2-3,12,24H2,1H3;1-6H. The monoisotopic (exact) mass is 576 g/mol. The van der Waals surface area contributed by atoms with E-state index in [4.69, 9.17) is 11.1 Å². The summed E-state index contributed by atoms with van der Waals surface area (Å²) in [5.74, 6) is -4.77. The molecule has 4 aromatic rings. The Balaban J connectivity index is 0.000000248. The number of hydrogen-bond acceptors (Lipinski definition) is 3. The van der Waals surface area contributed by atoms with Crippen LogP contribution in [0, 0.1) is 40.4 Å². The van der Waals surface area contributed by atoms with Gasteiger partial charge in [0.1, 0.15) is 17.5 Å². The fourth-order valence-corrected chi connectivity index (χ4v) is 3.95. The molecule has 0 aliphatic carbocycles. The normalized spacial score (nSPS) is 11.9. The summed E-state index contributed by atoms with van der Waals surface area (Å²) >= 11 is 0. The maximum atomic E-state index is 14.0. The zero-order valence-electron chi connectivity index (χ0n) is 21.9. The van der Waals surface area contributed by atoms with Crippen LogP contribution in [-0.2, 0) is 17.3 Å². The molecule has 0 aliphatic rings. The smallest absolute Gasteiger partial charge is 0.330 e. The van der Waals surface area contributed by atoms with Crippen molar-refractivity contribution in [3.63, 3.8) is 0 Å². The van der Waals surface area contributed by atoms with Crippen LogP contribution in [0.1, 0.15) is 17.5 Å². The van der Waals surface area contributed by atoms with Gasteiger partial charge in [-0.3, -0.25) is 0 Å². The van der Waals surface area contributed by atoms with Crippen molar-refractivity contribution < 1.29 is 35.5 Å². The van der Waals surface area contributed by atoms with Crippen molar-refractivity contribution in [2.45, 2.75) is 19.0 Å². The van der Waals surface area contributed by atoms with Gasteiger partial charge < -0.3 is 15.9 Å². The predicted molar refractivity (Wildman–Crippen MR) is 144 cm³/mol. The highest BCUT2D eigenvalue weighted by Gasteiger charge is 2.34. The molecule has 0 radical (unpaired) electrons. The molecule has 216 valence electrons. The number of nitrogens with one attached hydrogen (secondary N) is 1. The zero-order valence-corrected chi connectivity index (χ0v) is 21.9. The Labute approximate surface area is 232 Å². The molecule has 3 N–H and O–H groups in total. The third-order valence-corrected chi connectivity index (χ3v) is 6.34. The summed E-state index contributed by atoms with van der Waals surface area (Å²) < 4.78 is 97.1. The van der Waals surface area contributed by atoms with E-state index < -0.39 is 40.8 Å². The Morgan fingerprint density at radius 1 is 0.756 bits per heavy atom. The highest BCUT2D eigenvalue weighted by atomic mass is 19.3. The topological polar surface area (TPSA) is 59.1 Å². The molecular formula is C31H27F7N2O. The molecule has 4 rings (SSSR count). The van der Waals surface area contributed by atoms with Crippen molar-refractivity contribution in [3.05, 3.63) is 119 Å². The molecule has 0 saturated carbocycles. The predicted octanol–water partition coefficient (Wildman–Crippen LogP) is 8.26. The Morgan fingerprint density at radius 2 is 1.34 bits per heavy atom. The number of hydrogen-bond donors (Lipinski definition) is 2. The zero-order chi connectivity index (χ0) is 30.2. The molecule has 0 saturated heterocycles. The van der Waals surface area contributed by atoms with Gasteiger partial charge in [0.05, 0.1) is 11.1 Å². The molecule has 0 fully saturated rings. The van der Waals surface area contributed by atoms with E-state index >= 15 is 0 Å². The van der Waals surface area contributed by atoms with Crippen LogP contribution in [-0.4, -0.2) is 19.9 Å². The molecule has 0 aromatic heterocycles. The van der Waals surface area contributed by atoms with Gasteiger partial charge in [0.25, 0.3) is 0 Å². The minimum Gasteiger partial charge on any atom is -0.330 e. The van der Waals surface area contributed by atoms with Crippen molar-refractivity contribution in [2.75, 3.05) is 13.7 Å². The van der Waals surface area contributed by atoms with Crippen LogP contribution in [0.2, 0.25) is 0 Å². The number of halogens is 7. The van der Waals surface area contributed by atoms with Crippen molar-refractivity contribution in [2.24, 2.45) is 11.7 Å². The van der Waals surface area contributed by atoms with E-state index in [9.17, 15) is 30.7 Å². The van der Waals surface area contributed by atoms with E-state index in [0.29, 0.717) is 12.1 Å². The largest absolute Gasteiger partial charge is 0.385 e. The summed E-state index contributed by atoms with van der Waals surface area (Å²) in [4.78, 5) is 0. The number of methoxy groups -OCH3 is 1. The van der Waals surface area contributed by atoms with E-state index in [1.54, 1.807) is 0 Å². The van der Waals surface area contributed by atoms with Crippen LogP contribution in [0.4, 0.5) is 30.7 Å². The van der Waals surface area contributed by atoms with E-state index in [1.807, 2.05) is 24.3 Å². The van der Waals surface area contributed by atoms with E-state index in [2.05, 4.69) is 4.74 Å². The first-order valence-corrected chi connectivity index (χ1v) is 12.4. The fourth-order valence-electron chi connectivity index (χ4n) is 3.95. The molecule has 10 heteroatoms. The summed E-state index contributed by atoms with van der Waals surface area (Å²) in [6.45, 7) is 0.444. The van der Waals surface area contributed by atoms with Crippen LogP contribution in [0.15, 0.2) is 78.9 Å². The first-order valence-electron chi connectivity index (χ1n) is 12.4. The lowest BCUT2D eigenvalue weighted by atomic mass is 9.97. The second-order valence-electron chi connectivity index (χ2n) is 9.04. The molecule has 4 aromatic carbocycles. The summed E-state index contributed by atoms with van der Waals surface area (Å²) in [6, 6.07) is 17.0. The van der Waals surface area contributed by atoms with Gasteiger partial charge in [-0.1, -0.05) is 42.5 Å². The van der Waals surface area contributed by atoms with E-state index in [1.165, 1.54) is 18.3 Å². The first kappa shape index (κ1) is 31.5. The highest BCUT2D eigenvalue weighted by molar-refractivity contribution is 5.65. The third kappa shape index (κ3) is 8.02. The van der Waals surface area contributed by atoms with Crippen molar-refractivity contribution in [1.82, 2.24) is 0 Å². The van der Waals surface area contributed by atoms with Crippen LogP contribution in [0.25, 0.3) is 22.3 Å². The van der Waals surface area contributed by atoms with Gasteiger partial charge in [-0.2, -0.15) is 8.78 Å². The Hall–Kier alpha value is -4.02. The van der Waals surface area contributed by atoms with Gasteiger partial charge in [0.2, 0.25) is 0 Å². The maximum absolute atomic E-state index is 14.0. The molecule has 0 spiro atoms. The van der Waals surface area contributed by atoms with E-state index in [-0.39, 0.29) is 17.0 Å². The number of aryl methyl sites for hydroxylation is 1. The lowest BCUT2D eigenvalue weighted by Crippen LogP contribution is -2.17. The van der Waals surface area contributed by atoms with Crippen LogP contribution < -0.4 is 5.73 Å². The second-order valence-corrected chi connectivity index (χ2v) is 9.04. The van der Waals surface area contributed by atoms with Gasteiger partial charge in [-0.05, 0) is 77.7 Å². The van der Waals surface area contributed by atoms with Crippen LogP contribution in [0.3, 0.4) is 0 Å². The van der Waals surface area contributed by atoms with Gasteiger partial charge in [0.15, 0.2) is 11.6 Å². The number of nitrogens with two attached hydrogens (primary N) is 1. The van der Waals surface area contributed by atoms with E-state index in [0.717, 1.165) is 73.5 Å². The number of ether oxygens (including phenoxy) is 1. The van der Waals surface area contributed by atoms with Crippen LogP contribution in [0.5, 0.6) is 0 Å². The number of benzene rings is 4. The highest BCUT2D eigenvalue weighted by Crippen LogP contribution is 2.33. The average Bonchev–Trinajstić information content (AvgIpc) is 2.96. The average molecular weight is 577 g/mol. The Kier molecular flexibility index (Phi) is 10.8. The number of alkyl halides is 2. The summed E-state index contributed by atoms with van der Waals surface area (Å²) in [6.07, 6.45) is -0.727. The lowest BCUT2D eigenvalue weighted by molar-refractivity contribution is -0.233. The Bertz CT molecular complexity index is 1460. The van der Waals surface area contributed by atoms with Crippen molar-refractivity contribution in [1.29, 1.82) is 5.41 Å². The quantitative estimate of drug-likeness (QED) is 0.156. The molecule has 0 bridgehead atoms. The van der Waals surface area contributed by atoms with Crippen molar-refractivity contribution >= 4 is 6.21 Å². The minimum absolute atomic E-state index is 0.0329. The maximum Gasteiger partial charge on any atom is 0.385 e. The number of rotatable bonds is 9.